The van der Waals surface area contributed by atoms with Crippen molar-refractivity contribution in [3.63, 3.8) is 0 Å². The highest BCUT2D eigenvalue weighted by Crippen LogP contribution is 2.23. The van der Waals surface area contributed by atoms with Gasteiger partial charge in [0.2, 0.25) is 10.0 Å². The lowest BCUT2D eigenvalue weighted by Gasteiger charge is -2.31. The van der Waals surface area contributed by atoms with Crippen molar-refractivity contribution in [2.75, 3.05) is 31.8 Å². The second-order valence-corrected chi connectivity index (χ2v) is 7.24. The maximum atomic E-state index is 12.1. The number of piperidine rings is 1. The highest BCUT2D eigenvalue weighted by molar-refractivity contribution is 7.88. The summed E-state index contributed by atoms with van der Waals surface area (Å²) >= 11 is 0. The fourth-order valence-corrected chi connectivity index (χ4v) is 3.36. The molecule has 0 spiro atoms. The predicted molar refractivity (Wildman–Crippen MR) is 84.6 cm³/mol. The lowest BCUT2D eigenvalue weighted by atomic mass is 10.1. The van der Waals surface area contributed by atoms with Gasteiger partial charge in [-0.2, -0.15) is 0 Å². The molecule has 1 atom stereocenters. The molecule has 7 nitrogen and oxygen atoms in total. The Kier molecular flexibility index (Phi) is 5.25. The first kappa shape index (κ1) is 16.6. The number of carbonyl (C=O) groups is 1. The first-order valence-corrected chi connectivity index (χ1v) is 8.90. The molecule has 1 aliphatic heterocycles. The van der Waals surface area contributed by atoms with Crippen LogP contribution in [0.1, 0.15) is 12.8 Å². The molecule has 2 amide bonds. The largest absolute Gasteiger partial charge is 0.495 e. The first-order chi connectivity index (χ1) is 10.4. The summed E-state index contributed by atoms with van der Waals surface area (Å²) in [4.78, 5) is 12.1. The number of para-hydroxylation sites is 2. The molecule has 2 N–H and O–H groups in total. The number of anilines is 1. The lowest BCUT2D eigenvalue weighted by Crippen LogP contribution is -2.50. The molecule has 0 aromatic heterocycles. The third-order valence-electron chi connectivity index (χ3n) is 3.54. The smallest absolute Gasteiger partial charge is 0.319 e. The number of methoxy groups -OCH3 is 1. The van der Waals surface area contributed by atoms with Crippen LogP contribution >= 0.6 is 0 Å². The Labute approximate surface area is 130 Å². The fourth-order valence-electron chi connectivity index (χ4n) is 2.45. The van der Waals surface area contributed by atoms with Crippen LogP contribution in [-0.4, -0.2) is 51.3 Å². The van der Waals surface area contributed by atoms with Gasteiger partial charge in [0.15, 0.2) is 0 Å². The summed E-state index contributed by atoms with van der Waals surface area (Å²) in [5, 5.41) is 5.53. The summed E-state index contributed by atoms with van der Waals surface area (Å²) in [5.41, 5.74) is 0.568. The molecule has 2 rings (SSSR count). The van der Waals surface area contributed by atoms with E-state index in [1.807, 2.05) is 6.07 Å². The number of sulfonamides is 1. The zero-order valence-electron chi connectivity index (χ0n) is 12.7. The highest BCUT2D eigenvalue weighted by Gasteiger charge is 2.26. The van der Waals surface area contributed by atoms with E-state index < -0.39 is 10.0 Å². The molecule has 1 saturated heterocycles. The minimum atomic E-state index is -3.22. The molecule has 0 radical (unpaired) electrons. The highest BCUT2D eigenvalue weighted by atomic mass is 32.2. The van der Waals surface area contributed by atoms with Crippen molar-refractivity contribution in [2.45, 2.75) is 18.9 Å². The van der Waals surface area contributed by atoms with Crippen LogP contribution in [0, 0.1) is 0 Å². The van der Waals surface area contributed by atoms with E-state index in [0.29, 0.717) is 24.5 Å². The fraction of sp³-hybridized carbons (Fsp3) is 0.500. The minimum absolute atomic E-state index is 0.196. The van der Waals surface area contributed by atoms with Crippen LogP contribution in [0.4, 0.5) is 10.5 Å². The average molecular weight is 327 g/mol. The van der Waals surface area contributed by atoms with Crippen molar-refractivity contribution in [3.05, 3.63) is 24.3 Å². The van der Waals surface area contributed by atoms with Crippen molar-refractivity contribution in [3.8, 4) is 5.75 Å². The molecule has 0 saturated carbocycles. The summed E-state index contributed by atoms with van der Waals surface area (Å²) in [5.74, 6) is 0.569. The quantitative estimate of drug-likeness (QED) is 0.871. The molecule has 0 aliphatic carbocycles. The van der Waals surface area contributed by atoms with Gasteiger partial charge in [0, 0.05) is 19.1 Å². The van der Waals surface area contributed by atoms with Gasteiger partial charge in [0.05, 0.1) is 19.1 Å². The van der Waals surface area contributed by atoms with E-state index in [1.165, 1.54) is 17.7 Å². The van der Waals surface area contributed by atoms with Gasteiger partial charge in [-0.25, -0.2) is 17.5 Å². The van der Waals surface area contributed by atoms with Crippen molar-refractivity contribution in [1.82, 2.24) is 9.62 Å². The number of urea groups is 1. The second kappa shape index (κ2) is 6.97. The molecule has 1 aromatic rings. The van der Waals surface area contributed by atoms with Crippen LogP contribution in [0.2, 0.25) is 0 Å². The number of carbonyl (C=O) groups excluding carboxylic acids is 1. The molecule has 1 aromatic carbocycles. The summed E-state index contributed by atoms with van der Waals surface area (Å²) in [6.45, 7) is 0.809. The molecular weight excluding hydrogens is 306 g/mol. The van der Waals surface area contributed by atoms with Crippen LogP contribution < -0.4 is 15.4 Å². The summed E-state index contributed by atoms with van der Waals surface area (Å²) in [6.07, 6.45) is 2.67. The second-order valence-electron chi connectivity index (χ2n) is 5.26. The van der Waals surface area contributed by atoms with Crippen molar-refractivity contribution in [2.24, 2.45) is 0 Å². The van der Waals surface area contributed by atoms with E-state index in [-0.39, 0.29) is 12.1 Å². The first-order valence-electron chi connectivity index (χ1n) is 7.06. The number of nitrogens with one attached hydrogen (secondary N) is 2. The number of nitrogens with zero attached hydrogens (tertiary/aromatic N) is 1. The normalized spacial score (nSPS) is 19.5. The molecule has 122 valence electrons. The van der Waals surface area contributed by atoms with Crippen LogP contribution in [0.5, 0.6) is 5.75 Å². The Hall–Kier alpha value is -1.80. The number of hydrogen-bond donors (Lipinski definition) is 2. The maximum absolute atomic E-state index is 12.1. The molecule has 1 fully saturated rings. The Morgan fingerprint density at radius 2 is 2.09 bits per heavy atom. The number of benzene rings is 1. The maximum Gasteiger partial charge on any atom is 0.319 e. The van der Waals surface area contributed by atoms with Gasteiger partial charge in [-0.1, -0.05) is 12.1 Å². The van der Waals surface area contributed by atoms with Gasteiger partial charge >= 0.3 is 6.03 Å². The minimum Gasteiger partial charge on any atom is -0.495 e. The van der Waals surface area contributed by atoms with Crippen LogP contribution in [-0.2, 0) is 10.0 Å². The zero-order valence-corrected chi connectivity index (χ0v) is 13.5. The topological polar surface area (TPSA) is 87.7 Å². The van der Waals surface area contributed by atoms with Gasteiger partial charge in [-0.3, -0.25) is 0 Å². The lowest BCUT2D eigenvalue weighted by molar-refractivity contribution is 0.236. The van der Waals surface area contributed by atoms with E-state index in [1.54, 1.807) is 18.2 Å². The molecule has 0 unspecified atom stereocenters. The van der Waals surface area contributed by atoms with Gasteiger partial charge in [0.1, 0.15) is 5.75 Å². The van der Waals surface area contributed by atoms with Gasteiger partial charge < -0.3 is 15.4 Å². The monoisotopic (exact) mass is 327 g/mol. The zero-order chi connectivity index (χ0) is 16.2. The van der Waals surface area contributed by atoms with E-state index in [0.717, 1.165) is 12.8 Å². The molecule has 22 heavy (non-hydrogen) atoms. The van der Waals surface area contributed by atoms with Crippen molar-refractivity contribution in [1.29, 1.82) is 0 Å². The Balaban J connectivity index is 1.94. The number of ether oxygens (including phenoxy) is 1. The molecule has 0 bridgehead atoms. The van der Waals surface area contributed by atoms with Gasteiger partial charge in [0.25, 0.3) is 0 Å². The third-order valence-corrected chi connectivity index (χ3v) is 4.81. The standard InChI is InChI=1S/C14H21N3O4S/c1-21-13-8-4-3-7-12(13)16-14(18)15-11-6-5-9-17(10-11)22(2,19)20/h3-4,7-8,11H,5-6,9-10H2,1-2H3,(H2,15,16,18)/t11-/m0/s1. The number of rotatable bonds is 4. The Morgan fingerprint density at radius 1 is 1.36 bits per heavy atom. The number of hydrogen-bond acceptors (Lipinski definition) is 4. The van der Waals surface area contributed by atoms with Crippen LogP contribution in [0.15, 0.2) is 24.3 Å². The van der Waals surface area contributed by atoms with Gasteiger partial charge in [-0.05, 0) is 25.0 Å². The van der Waals surface area contributed by atoms with E-state index in [4.69, 9.17) is 4.74 Å². The van der Waals surface area contributed by atoms with Gasteiger partial charge in [-0.15, -0.1) is 0 Å². The predicted octanol–water partition coefficient (Wildman–Crippen LogP) is 1.24. The van der Waals surface area contributed by atoms with Crippen LogP contribution in [0.25, 0.3) is 0 Å². The number of amides is 2. The average Bonchev–Trinajstić information content (AvgIpc) is 2.47. The molecule has 1 heterocycles. The van der Waals surface area contributed by atoms with E-state index in [9.17, 15) is 13.2 Å². The summed E-state index contributed by atoms with van der Waals surface area (Å²) in [6, 6.07) is 6.53. The third kappa shape index (κ3) is 4.35. The van der Waals surface area contributed by atoms with Crippen molar-refractivity contribution < 1.29 is 17.9 Å². The summed E-state index contributed by atoms with van der Waals surface area (Å²) in [7, 11) is -1.69. The SMILES string of the molecule is COc1ccccc1NC(=O)N[C@H]1CCCN(S(C)(=O)=O)C1. The molecular formula is C14H21N3O4S. The molecule has 1 aliphatic rings. The van der Waals surface area contributed by atoms with E-state index >= 15 is 0 Å². The molecule has 8 heteroatoms. The van der Waals surface area contributed by atoms with Crippen molar-refractivity contribution >= 4 is 21.7 Å². The van der Waals surface area contributed by atoms with E-state index in [2.05, 4.69) is 10.6 Å². The summed E-state index contributed by atoms with van der Waals surface area (Å²) < 4.78 is 29.7. The Morgan fingerprint density at radius 3 is 2.77 bits per heavy atom. The van der Waals surface area contributed by atoms with Crippen LogP contribution in [0.3, 0.4) is 0 Å². The Bertz CT molecular complexity index is 633.